The predicted molar refractivity (Wildman–Crippen MR) is 86.6 cm³/mol. The van der Waals surface area contributed by atoms with Crippen LogP contribution in [0.25, 0.3) is 0 Å². The number of anilines is 1. The summed E-state index contributed by atoms with van der Waals surface area (Å²) < 4.78 is 11.2. The molecule has 1 fully saturated rings. The fourth-order valence-corrected chi connectivity index (χ4v) is 2.24. The molecule has 0 saturated carbocycles. The molecule has 1 saturated heterocycles. The summed E-state index contributed by atoms with van der Waals surface area (Å²) in [6, 6.07) is 6.27. The quantitative estimate of drug-likeness (QED) is 0.739. The average molecular weight is 321 g/mol. The summed E-state index contributed by atoms with van der Waals surface area (Å²) in [5.41, 5.74) is 0.745. The van der Waals surface area contributed by atoms with Crippen molar-refractivity contribution in [2.24, 2.45) is 0 Å². The van der Waals surface area contributed by atoms with Gasteiger partial charge in [0, 0.05) is 25.4 Å². The normalized spacial score (nSPS) is 18.1. The number of ether oxygens (including phenoxy) is 2. The number of carbonyl (C=O) groups is 2. The summed E-state index contributed by atoms with van der Waals surface area (Å²) >= 11 is 0. The largest absolute Gasteiger partial charge is 0.491 e. The second kappa shape index (κ2) is 8.38. The number of amides is 3. The molecule has 2 atom stereocenters. The standard InChI is InChI=1S/C16H23N3O4/c1-11(15(20)19-16(21)17-2)18-12-5-3-6-13(9-12)23-10-14-7-4-8-22-14/h3,5-6,9,11,14,18H,4,7-8,10H2,1-2H3,(H2,17,19,20,21)/t11-,14+/m1/s1. The van der Waals surface area contributed by atoms with Crippen molar-refractivity contribution in [2.75, 3.05) is 25.6 Å². The molecule has 0 unspecified atom stereocenters. The highest BCUT2D eigenvalue weighted by molar-refractivity contribution is 5.97. The van der Waals surface area contributed by atoms with Gasteiger partial charge in [-0.15, -0.1) is 0 Å². The number of carbonyl (C=O) groups excluding carboxylic acids is 2. The lowest BCUT2D eigenvalue weighted by Crippen LogP contribution is -2.44. The Hall–Kier alpha value is -2.28. The smallest absolute Gasteiger partial charge is 0.321 e. The van der Waals surface area contributed by atoms with Crippen molar-refractivity contribution in [1.82, 2.24) is 10.6 Å². The summed E-state index contributed by atoms with van der Waals surface area (Å²) in [5, 5.41) is 7.60. The Morgan fingerprint density at radius 1 is 1.43 bits per heavy atom. The highest BCUT2D eigenvalue weighted by atomic mass is 16.5. The summed E-state index contributed by atoms with van der Waals surface area (Å²) in [7, 11) is 1.45. The molecule has 1 aliphatic heterocycles. The number of nitrogens with one attached hydrogen (secondary N) is 3. The van der Waals surface area contributed by atoms with Gasteiger partial charge in [-0.05, 0) is 31.9 Å². The van der Waals surface area contributed by atoms with Crippen molar-refractivity contribution in [3.63, 3.8) is 0 Å². The van der Waals surface area contributed by atoms with Crippen LogP contribution in [-0.2, 0) is 9.53 Å². The molecule has 3 N–H and O–H groups in total. The summed E-state index contributed by atoms with van der Waals surface area (Å²) in [4.78, 5) is 23.0. The van der Waals surface area contributed by atoms with E-state index in [1.54, 1.807) is 6.92 Å². The van der Waals surface area contributed by atoms with Gasteiger partial charge in [0.1, 0.15) is 18.4 Å². The number of benzene rings is 1. The minimum absolute atomic E-state index is 0.156. The SMILES string of the molecule is CNC(=O)NC(=O)[C@@H](C)Nc1cccc(OC[C@@H]2CCCO2)c1. The molecule has 23 heavy (non-hydrogen) atoms. The zero-order valence-electron chi connectivity index (χ0n) is 13.4. The Morgan fingerprint density at radius 3 is 2.96 bits per heavy atom. The Bertz CT molecular complexity index is 544. The van der Waals surface area contributed by atoms with Crippen molar-refractivity contribution < 1.29 is 19.1 Å². The Kier molecular flexibility index (Phi) is 6.22. The van der Waals surface area contributed by atoms with E-state index in [1.165, 1.54) is 7.05 Å². The molecule has 0 aliphatic carbocycles. The van der Waals surface area contributed by atoms with Gasteiger partial charge in [0.15, 0.2) is 0 Å². The zero-order chi connectivity index (χ0) is 16.7. The molecule has 0 aromatic heterocycles. The minimum atomic E-state index is -0.555. The molecule has 1 aromatic carbocycles. The Morgan fingerprint density at radius 2 is 2.26 bits per heavy atom. The first-order chi connectivity index (χ1) is 11.1. The first-order valence-corrected chi connectivity index (χ1v) is 7.72. The minimum Gasteiger partial charge on any atom is -0.491 e. The second-order valence-electron chi connectivity index (χ2n) is 5.41. The lowest BCUT2D eigenvalue weighted by Gasteiger charge is -2.16. The molecule has 3 amide bonds. The van der Waals surface area contributed by atoms with Gasteiger partial charge in [0.2, 0.25) is 5.91 Å². The molecule has 2 rings (SSSR count). The van der Waals surface area contributed by atoms with Crippen LogP contribution in [-0.4, -0.2) is 44.3 Å². The van der Waals surface area contributed by atoms with E-state index < -0.39 is 18.0 Å². The molecule has 7 nitrogen and oxygen atoms in total. The van der Waals surface area contributed by atoms with Crippen molar-refractivity contribution in [3.05, 3.63) is 24.3 Å². The van der Waals surface area contributed by atoms with Gasteiger partial charge in [-0.25, -0.2) is 4.79 Å². The molecule has 7 heteroatoms. The molecular weight excluding hydrogens is 298 g/mol. The fraction of sp³-hybridized carbons (Fsp3) is 0.500. The second-order valence-corrected chi connectivity index (χ2v) is 5.41. The van der Waals surface area contributed by atoms with Crippen LogP contribution >= 0.6 is 0 Å². The first-order valence-electron chi connectivity index (χ1n) is 7.72. The molecular formula is C16H23N3O4. The van der Waals surface area contributed by atoms with Crippen LogP contribution in [0.4, 0.5) is 10.5 Å². The monoisotopic (exact) mass is 321 g/mol. The van der Waals surface area contributed by atoms with E-state index in [0.29, 0.717) is 12.4 Å². The van der Waals surface area contributed by atoms with E-state index in [9.17, 15) is 9.59 Å². The van der Waals surface area contributed by atoms with E-state index in [0.717, 1.165) is 25.1 Å². The molecule has 0 bridgehead atoms. The van der Waals surface area contributed by atoms with Crippen molar-refractivity contribution >= 4 is 17.6 Å². The van der Waals surface area contributed by atoms with Crippen LogP contribution in [0.1, 0.15) is 19.8 Å². The summed E-state index contributed by atoms with van der Waals surface area (Å²) in [6.07, 6.45) is 2.26. The van der Waals surface area contributed by atoms with Gasteiger partial charge >= 0.3 is 6.03 Å². The molecule has 0 radical (unpaired) electrons. The Labute approximate surface area is 135 Å². The summed E-state index contributed by atoms with van der Waals surface area (Å²) in [5.74, 6) is 0.305. The maximum Gasteiger partial charge on any atom is 0.321 e. The van der Waals surface area contributed by atoms with Crippen molar-refractivity contribution in [2.45, 2.75) is 31.9 Å². The van der Waals surface area contributed by atoms with Crippen LogP contribution in [0.15, 0.2) is 24.3 Å². The van der Waals surface area contributed by atoms with E-state index in [1.807, 2.05) is 24.3 Å². The van der Waals surface area contributed by atoms with E-state index in [2.05, 4.69) is 16.0 Å². The predicted octanol–water partition coefficient (Wildman–Crippen LogP) is 1.50. The molecule has 126 valence electrons. The number of imide groups is 1. The van der Waals surface area contributed by atoms with Gasteiger partial charge in [-0.2, -0.15) is 0 Å². The number of hydrogen-bond donors (Lipinski definition) is 3. The maximum atomic E-state index is 11.8. The van der Waals surface area contributed by atoms with E-state index in [-0.39, 0.29) is 6.10 Å². The topological polar surface area (TPSA) is 88.7 Å². The zero-order valence-corrected chi connectivity index (χ0v) is 13.4. The van der Waals surface area contributed by atoms with Crippen LogP contribution in [0, 0.1) is 0 Å². The molecule has 1 aliphatic rings. The van der Waals surface area contributed by atoms with Gasteiger partial charge in [-0.3, -0.25) is 10.1 Å². The van der Waals surface area contributed by atoms with E-state index in [4.69, 9.17) is 9.47 Å². The average Bonchev–Trinajstić information content (AvgIpc) is 3.06. The third-order valence-corrected chi connectivity index (χ3v) is 3.53. The van der Waals surface area contributed by atoms with Crippen molar-refractivity contribution in [1.29, 1.82) is 0 Å². The number of rotatable bonds is 6. The third-order valence-electron chi connectivity index (χ3n) is 3.53. The summed E-state index contributed by atoms with van der Waals surface area (Å²) in [6.45, 7) is 3.00. The molecule has 1 aromatic rings. The third kappa shape index (κ3) is 5.45. The molecule has 1 heterocycles. The number of urea groups is 1. The molecule has 0 spiro atoms. The van der Waals surface area contributed by atoms with E-state index >= 15 is 0 Å². The van der Waals surface area contributed by atoms with Crippen molar-refractivity contribution in [3.8, 4) is 5.75 Å². The Balaban J connectivity index is 1.85. The van der Waals surface area contributed by atoms with Gasteiger partial charge in [-0.1, -0.05) is 6.07 Å². The highest BCUT2D eigenvalue weighted by Gasteiger charge is 2.17. The van der Waals surface area contributed by atoms with Crippen LogP contribution in [0.5, 0.6) is 5.75 Å². The lowest BCUT2D eigenvalue weighted by atomic mass is 10.2. The lowest BCUT2D eigenvalue weighted by molar-refractivity contribution is -0.120. The first kappa shape index (κ1) is 17.1. The van der Waals surface area contributed by atoms with Gasteiger partial charge in [0.05, 0.1) is 6.10 Å². The highest BCUT2D eigenvalue weighted by Crippen LogP contribution is 2.20. The van der Waals surface area contributed by atoms with Crippen LogP contribution in [0.3, 0.4) is 0 Å². The van der Waals surface area contributed by atoms with Gasteiger partial charge in [0.25, 0.3) is 0 Å². The fourth-order valence-electron chi connectivity index (χ4n) is 2.24. The maximum absolute atomic E-state index is 11.8. The van der Waals surface area contributed by atoms with Crippen LogP contribution in [0.2, 0.25) is 0 Å². The van der Waals surface area contributed by atoms with Crippen LogP contribution < -0.4 is 20.7 Å². The van der Waals surface area contributed by atoms with Gasteiger partial charge < -0.3 is 20.1 Å². The number of hydrogen-bond acceptors (Lipinski definition) is 5.